The molecule has 8 aromatic rings. The third-order valence-corrected chi connectivity index (χ3v) is 33.1. The van der Waals surface area contributed by atoms with Gasteiger partial charge in [0.25, 0.3) is 0 Å². The maximum atomic E-state index is 7.32. The Morgan fingerprint density at radius 3 is 0.544 bits per heavy atom. The van der Waals surface area contributed by atoms with Crippen LogP contribution in [0.25, 0.3) is 0 Å². The van der Waals surface area contributed by atoms with E-state index in [1.807, 2.05) is 0 Å². The number of nitriles is 3. The van der Waals surface area contributed by atoms with Gasteiger partial charge in [-0.1, -0.05) is 194 Å². The van der Waals surface area contributed by atoms with Gasteiger partial charge in [0.2, 0.25) is 0 Å². The molecule has 0 N–H and O–H groups in total. The topological polar surface area (TPSA) is 71.4 Å². The summed E-state index contributed by atoms with van der Waals surface area (Å²) in [5, 5.41) is 34.7. The van der Waals surface area contributed by atoms with Crippen molar-refractivity contribution in [1.29, 1.82) is 15.8 Å². The van der Waals surface area contributed by atoms with Gasteiger partial charge >= 0.3 is 34.1 Å². The monoisotopic (exact) mass is 1410 g/mol. The van der Waals surface area contributed by atoms with Crippen LogP contribution in [0.3, 0.4) is 0 Å². The first kappa shape index (κ1) is 83.9. The van der Waals surface area contributed by atoms with Crippen LogP contribution in [0.1, 0.15) is 132 Å². The Morgan fingerprint density at radius 2 is 0.400 bits per heavy atom. The molecule has 8 rings (SSSR count). The Morgan fingerprint density at radius 1 is 0.267 bits per heavy atom. The summed E-state index contributed by atoms with van der Waals surface area (Å²) in [5.74, 6) is 0. The minimum atomic E-state index is -1.22. The van der Waals surface area contributed by atoms with Crippen molar-refractivity contribution in [1.82, 2.24) is 0 Å². The van der Waals surface area contributed by atoms with E-state index in [0.717, 1.165) is 45.3 Å². The summed E-state index contributed by atoms with van der Waals surface area (Å²) < 4.78 is 0. The van der Waals surface area contributed by atoms with Gasteiger partial charge in [-0.3, -0.25) is 0 Å². The fraction of sp³-hybridized carbons (Fsp3) is 0.346. The Bertz CT molecular complexity index is 2870. The first-order valence-electron chi connectivity index (χ1n) is 31.7. The molecule has 0 unspecified atom stereocenters. The van der Waals surface area contributed by atoms with Crippen molar-refractivity contribution >= 4 is 119 Å². The zero-order valence-corrected chi connectivity index (χ0v) is 65.0. The number of hydrogen-bond donors (Lipinski definition) is 0. The summed E-state index contributed by atoms with van der Waals surface area (Å²) >= 11 is 0. The van der Waals surface area contributed by atoms with Gasteiger partial charge in [-0.05, 0) is 135 Å². The SMILES string of the molecule is CC#N.CC#N.CC#N.CC(C)[PH+](c1ccccc1[P-]c1ccccc1[PH+](C(C)C)C(C)C)C(C)C.CC(C)[PH+](c1ccccc1[P-]c1ccccc1[PH+](C(C)C)C(C)C)C(C)C.[Cu+2].[Cu+].c1ccc([B-](c2ccccc2)(c2ccccc2)c2ccccc2)cc1. The summed E-state index contributed by atoms with van der Waals surface area (Å²) in [6, 6.07) is 85.8. The van der Waals surface area contributed by atoms with Crippen LogP contribution in [0, 0.1) is 34.0 Å². The zero-order valence-electron chi connectivity index (χ0n) is 57.3. The molecule has 0 aliphatic rings. The van der Waals surface area contributed by atoms with Crippen LogP contribution in [-0.4, -0.2) is 51.4 Å². The van der Waals surface area contributed by atoms with Crippen molar-refractivity contribution in [3.05, 3.63) is 218 Å². The van der Waals surface area contributed by atoms with Crippen molar-refractivity contribution in [2.45, 2.75) is 177 Å². The average molecular weight is 1410 g/mol. The van der Waals surface area contributed by atoms with Crippen LogP contribution >= 0.6 is 48.8 Å². The molecular weight excluding hydrogens is 1300 g/mol. The summed E-state index contributed by atoms with van der Waals surface area (Å²) in [7, 11) is 0.526. The predicted molar refractivity (Wildman–Crippen MR) is 415 cm³/mol. The van der Waals surface area contributed by atoms with Crippen molar-refractivity contribution < 1.29 is 34.1 Å². The molecule has 12 heteroatoms. The van der Waals surface area contributed by atoms with E-state index >= 15 is 0 Å². The largest absolute Gasteiger partial charge is 2.00 e. The van der Waals surface area contributed by atoms with Crippen molar-refractivity contribution in [2.24, 2.45) is 0 Å². The molecule has 0 aliphatic heterocycles. The van der Waals surface area contributed by atoms with Crippen molar-refractivity contribution in [2.75, 3.05) is 0 Å². The number of hydrogen-bond acceptors (Lipinski definition) is 3. The Labute approximate surface area is 578 Å². The number of benzene rings is 8. The van der Waals surface area contributed by atoms with Gasteiger partial charge < -0.3 is 17.2 Å². The molecule has 0 heterocycles. The van der Waals surface area contributed by atoms with Gasteiger partial charge in [0.05, 0.1) is 84.7 Å². The van der Waals surface area contributed by atoms with Crippen LogP contribution in [0.4, 0.5) is 0 Å². The molecule has 0 aliphatic carbocycles. The first-order chi connectivity index (χ1) is 42.1. The molecule has 0 amide bonds. The molecule has 0 atom stereocenters. The summed E-state index contributed by atoms with van der Waals surface area (Å²) in [6.07, 6.45) is -1.22. The van der Waals surface area contributed by atoms with Gasteiger partial charge in [0.1, 0.15) is 6.15 Å². The molecule has 1 radical (unpaired) electrons. The Kier molecular flexibility index (Phi) is 42.2. The number of rotatable bonds is 20. The van der Waals surface area contributed by atoms with Crippen LogP contribution in [0.2, 0.25) is 0 Å². The second-order valence-corrected chi connectivity index (χ2v) is 41.9. The third kappa shape index (κ3) is 25.0. The minimum Gasteiger partial charge on any atom is -0.464 e. The molecule has 0 saturated heterocycles. The fourth-order valence-electron chi connectivity index (χ4n) is 12.8. The molecule has 0 spiro atoms. The number of nitrogens with zero attached hydrogens (tertiary/aromatic N) is 3. The molecule has 483 valence electrons. The second kappa shape index (κ2) is 45.3. The summed E-state index contributed by atoms with van der Waals surface area (Å²) in [6.45, 7) is 42.9. The molecule has 0 saturated carbocycles. The quantitative estimate of drug-likeness (QED) is 0.0564. The molecular formula is C78H105BCu2N3P6+4. The van der Waals surface area contributed by atoms with E-state index in [-0.39, 0.29) is 34.1 Å². The normalized spacial score (nSPS) is 10.8. The standard InChI is InChI=1S/C24H20B.2C24H36P3.3C2H3N.2Cu/c1-5-13-21(14-6-1)25(22-15-7-2-8-16-22,23-17-9-3-10-18-23)24-19-11-4-12-20-24;2*1-17(2)26(18(3)4)23-15-11-9-13-21(23)25-22-14-10-12-16-24(22)27(19(5)6)20(7)8;3*1-2-3;;/h1-20H;2*9-20H,1-8H3;3*1H3;;/q3*-1;;;;+1;+2/p+4. The van der Waals surface area contributed by atoms with Crippen LogP contribution in [-0.2, 0) is 34.1 Å². The van der Waals surface area contributed by atoms with Gasteiger partial charge in [0, 0.05) is 52.5 Å². The predicted octanol–water partition coefficient (Wildman–Crippen LogP) is 16.4. The average Bonchev–Trinajstić information content (AvgIpc) is 0.747. The van der Waals surface area contributed by atoms with Crippen LogP contribution < -0.4 is 64.3 Å². The smallest absolute Gasteiger partial charge is 0.464 e. The Hall–Kier alpha value is -4.09. The van der Waals surface area contributed by atoms with E-state index in [1.165, 1.54) is 81.0 Å². The summed E-state index contributed by atoms with van der Waals surface area (Å²) in [5.41, 5.74) is 11.4. The second-order valence-electron chi connectivity index (χ2n) is 24.5. The van der Waals surface area contributed by atoms with Crippen LogP contribution in [0.5, 0.6) is 0 Å². The molecule has 90 heavy (non-hydrogen) atoms. The van der Waals surface area contributed by atoms with E-state index in [2.05, 4.69) is 329 Å². The molecule has 0 aromatic heterocycles. The van der Waals surface area contributed by atoms with E-state index < -0.39 is 37.8 Å². The van der Waals surface area contributed by atoms with Crippen molar-refractivity contribution in [3.8, 4) is 18.2 Å². The molecule has 3 nitrogen and oxygen atoms in total. The van der Waals surface area contributed by atoms with Gasteiger partial charge in [-0.15, -0.1) is 0 Å². The fourth-order valence-corrected chi connectivity index (χ4v) is 29.9. The van der Waals surface area contributed by atoms with Gasteiger partial charge in [-0.25, -0.2) is 0 Å². The maximum Gasteiger partial charge on any atom is 2.00 e. The Balaban J connectivity index is 0.000000625. The molecule has 8 aromatic carbocycles. The first-order valence-corrected chi connectivity index (χ1v) is 40.1. The van der Waals surface area contributed by atoms with E-state index in [1.54, 1.807) is 39.4 Å². The maximum absolute atomic E-state index is 7.32. The van der Waals surface area contributed by atoms with Crippen LogP contribution in [0.15, 0.2) is 218 Å². The zero-order chi connectivity index (χ0) is 65.3. The molecule has 0 bridgehead atoms. The molecule has 0 fully saturated rings. The van der Waals surface area contributed by atoms with E-state index in [0.29, 0.717) is 0 Å². The van der Waals surface area contributed by atoms with E-state index in [9.17, 15) is 0 Å². The van der Waals surface area contributed by atoms with E-state index in [4.69, 9.17) is 15.8 Å². The summed E-state index contributed by atoms with van der Waals surface area (Å²) in [4.78, 5) is 0. The van der Waals surface area contributed by atoms with Gasteiger partial charge in [-0.2, -0.15) is 58.9 Å². The third-order valence-electron chi connectivity index (χ3n) is 15.5. The van der Waals surface area contributed by atoms with Gasteiger partial charge in [0.15, 0.2) is 0 Å². The minimum absolute atomic E-state index is 0. The van der Waals surface area contributed by atoms with Crippen molar-refractivity contribution in [3.63, 3.8) is 0 Å².